The lowest BCUT2D eigenvalue weighted by Crippen LogP contribution is -2.52. The summed E-state index contributed by atoms with van der Waals surface area (Å²) in [5, 5.41) is 11.8. The van der Waals surface area contributed by atoms with Gasteiger partial charge in [0.1, 0.15) is 6.61 Å². The highest BCUT2D eigenvalue weighted by molar-refractivity contribution is 5.79. The monoisotopic (exact) mass is 467 g/mol. The van der Waals surface area contributed by atoms with Gasteiger partial charge >= 0.3 is 6.09 Å². The van der Waals surface area contributed by atoms with E-state index in [1.165, 1.54) is 27.8 Å². The Balaban J connectivity index is 1.20. The molecule has 2 fully saturated rings. The summed E-state index contributed by atoms with van der Waals surface area (Å²) in [4.78, 5) is 15.3. The Bertz CT molecular complexity index is 1210. The number of fused-ring (bicyclic) bond motifs is 5. The molecule has 4 heteroatoms. The van der Waals surface area contributed by atoms with Gasteiger partial charge in [0.2, 0.25) is 0 Å². The highest BCUT2D eigenvalue weighted by Crippen LogP contribution is 2.48. The van der Waals surface area contributed by atoms with E-state index in [4.69, 9.17) is 4.74 Å². The smallest absolute Gasteiger partial charge is 0.410 e. The number of nitrogens with zero attached hydrogens (tertiary/aromatic N) is 1. The van der Waals surface area contributed by atoms with Gasteiger partial charge < -0.3 is 14.7 Å². The number of amides is 1. The van der Waals surface area contributed by atoms with Gasteiger partial charge in [-0.1, -0.05) is 86.6 Å². The van der Waals surface area contributed by atoms with Crippen LogP contribution >= 0.6 is 0 Å². The summed E-state index contributed by atoms with van der Waals surface area (Å²) >= 11 is 0. The highest BCUT2D eigenvalue weighted by atomic mass is 16.6. The molecule has 2 bridgehead atoms. The Morgan fingerprint density at radius 3 is 2.06 bits per heavy atom. The highest BCUT2D eigenvalue weighted by Gasteiger charge is 2.51. The number of rotatable bonds is 4. The van der Waals surface area contributed by atoms with Crippen molar-refractivity contribution in [2.24, 2.45) is 0 Å². The Morgan fingerprint density at radius 1 is 0.914 bits per heavy atom. The van der Waals surface area contributed by atoms with Crippen molar-refractivity contribution in [3.05, 3.63) is 95.1 Å². The van der Waals surface area contributed by atoms with E-state index < -0.39 is 5.60 Å². The third kappa shape index (κ3) is 3.66. The lowest BCUT2D eigenvalue weighted by molar-refractivity contribution is -0.0537. The molecule has 0 radical (unpaired) electrons. The first-order valence-electron chi connectivity index (χ1n) is 12.9. The van der Waals surface area contributed by atoms with Crippen LogP contribution in [0.4, 0.5) is 4.79 Å². The summed E-state index contributed by atoms with van der Waals surface area (Å²) in [7, 11) is 0. The number of hydrogen-bond acceptors (Lipinski definition) is 3. The van der Waals surface area contributed by atoms with Gasteiger partial charge in [-0.3, -0.25) is 0 Å². The maximum atomic E-state index is 13.4. The Morgan fingerprint density at radius 2 is 1.46 bits per heavy atom. The predicted octanol–water partition coefficient (Wildman–Crippen LogP) is 6.57. The summed E-state index contributed by atoms with van der Waals surface area (Å²) < 4.78 is 6.00. The van der Waals surface area contributed by atoms with E-state index in [1.807, 2.05) is 17.0 Å². The fourth-order valence-electron chi connectivity index (χ4n) is 6.84. The van der Waals surface area contributed by atoms with Crippen LogP contribution in [0.2, 0.25) is 0 Å². The molecule has 35 heavy (non-hydrogen) atoms. The summed E-state index contributed by atoms with van der Waals surface area (Å²) in [5.41, 5.74) is 6.24. The summed E-state index contributed by atoms with van der Waals surface area (Å²) in [6.45, 7) is 4.68. The molecule has 1 amide bonds. The van der Waals surface area contributed by atoms with Gasteiger partial charge in [0.15, 0.2) is 0 Å². The molecule has 3 aromatic rings. The molecule has 3 aromatic carbocycles. The number of carbonyl (C=O) groups is 1. The van der Waals surface area contributed by atoms with Crippen LogP contribution in [0.5, 0.6) is 0 Å². The predicted molar refractivity (Wildman–Crippen MR) is 137 cm³/mol. The Kier molecular flexibility index (Phi) is 5.45. The molecule has 2 aliphatic heterocycles. The van der Waals surface area contributed by atoms with E-state index in [0.717, 1.165) is 18.4 Å². The van der Waals surface area contributed by atoms with E-state index >= 15 is 0 Å². The minimum atomic E-state index is -0.896. The van der Waals surface area contributed by atoms with Crippen LogP contribution in [0.15, 0.2) is 72.8 Å². The summed E-state index contributed by atoms with van der Waals surface area (Å²) in [6, 6.07) is 25.1. The first-order valence-corrected chi connectivity index (χ1v) is 12.9. The number of carbonyl (C=O) groups excluding carboxylic acids is 1. The molecule has 1 aliphatic carbocycles. The minimum absolute atomic E-state index is 0.00891. The zero-order chi connectivity index (χ0) is 24.2. The third-order valence-electron chi connectivity index (χ3n) is 8.40. The van der Waals surface area contributed by atoms with Crippen LogP contribution in [-0.4, -0.2) is 34.8 Å². The van der Waals surface area contributed by atoms with E-state index in [0.29, 0.717) is 25.4 Å². The van der Waals surface area contributed by atoms with Crippen molar-refractivity contribution >= 4 is 6.09 Å². The van der Waals surface area contributed by atoms with Crippen molar-refractivity contribution < 1.29 is 14.6 Å². The fourth-order valence-corrected chi connectivity index (χ4v) is 6.84. The standard InChI is InChI=1S/C31H33NO3/c1-20(2)23-9-7-8-14-29(23)31(34)17-21-15-16-22(18-31)32(21)30(33)35-19-28-26-12-5-3-10-24(26)25-11-4-6-13-27(25)28/h3-14,20-22,28,34H,15-19H2,1-2H3. The second-order valence-electron chi connectivity index (χ2n) is 10.8. The second-order valence-corrected chi connectivity index (χ2v) is 10.8. The molecule has 180 valence electrons. The van der Waals surface area contributed by atoms with E-state index in [-0.39, 0.29) is 24.1 Å². The molecule has 3 aliphatic rings. The van der Waals surface area contributed by atoms with Crippen LogP contribution in [0.25, 0.3) is 11.1 Å². The first-order chi connectivity index (χ1) is 17.0. The number of benzene rings is 3. The molecule has 2 atom stereocenters. The molecule has 0 aromatic heterocycles. The van der Waals surface area contributed by atoms with Crippen LogP contribution in [0.3, 0.4) is 0 Å². The van der Waals surface area contributed by atoms with Gasteiger partial charge in [-0.25, -0.2) is 4.79 Å². The van der Waals surface area contributed by atoms with E-state index in [9.17, 15) is 9.90 Å². The number of ether oxygens (including phenoxy) is 1. The zero-order valence-electron chi connectivity index (χ0n) is 20.5. The largest absolute Gasteiger partial charge is 0.448 e. The topological polar surface area (TPSA) is 49.8 Å². The van der Waals surface area contributed by atoms with Crippen LogP contribution in [0.1, 0.15) is 73.6 Å². The Labute approximate surface area is 207 Å². The molecular weight excluding hydrogens is 434 g/mol. The average molecular weight is 468 g/mol. The van der Waals surface area contributed by atoms with Crippen molar-refractivity contribution in [1.82, 2.24) is 4.90 Å². The van der Waals surface area contributed by atoms with E-state index in [2.05, 4.69) is 74.5 Å². The minimum Gasteiger partial charge on any atom is -0.448 e. The van der Waals surface area contributed by atoms with Crippen LogP contribution in [-0.2, 0) is 10.3 Å². The first kappa shape index (κ1) is 22.4. The number of piperidine rings is 1. The summed E-state index contributed by atoms with van der Waals surface area (Å²) in [5.74, 6) is 0.400. The van der Waals surface area contributed by atoms with Crippen LogP contribution < -0.4 is 0 Å². The van der Waals surface area contributed by atoms with Crippen molar-refractivity contribution in [2.45, 2.75) is 69.1 Å². The second kappa shape index (κ2) is 8.53. The molecule has 4 nitrogen and oxygen atoms in total. The quantitative estimate of drug-likeness (QED) is 0.472. The molecule has 6 rings (SSSR count). The van der Waals surface area contributed by atoms with Crippen molar-refractivity contribution in [3.8, 4) is 11.1 Å². The zero-order valence-corrected chi connectivity index (χ0v) is 20.5. The van der Waals surface area contributed by atoms with Crippen molar-refractivity contribution in [2.75, 3.05) is 6.61 Å². The molecule has 1 N–H and O–H groups in total. The Hall–Kier alpha value is -3.11. The maximum Gasteiger partial charge on any atom is 0.410 e. The van der Waals surface area contributed by atoms with Crippen molar-refractivity contribution in [1.29, 1.82) is 0 Å². The molecule has 2 unspecified atom stereocenters. The molecule has 0 saturated carbocycles. The average Bonchev–Trinajstić information content (AvgIpc) is 3.34. The van der Waals surface area contributed by atoms with Gasteiger partial charge in [0, 0.05) is 30.8 Å². The van der Waals surface area contributed by atoms with Gasteiger partial charge in [-0.2, -0.15) is 0 Å². The lowest BCUT2D eigenvalue weighted by atomic mass is 9.77. The molecular formula is C31H33NO3. The molecule has 2 heterocycles. The number of aliphatic hydroxyl groups is 1. The number of hydrogen-bond donors (Lipinski definition) is 1. The van der Waals surface area contributed by atoms with Gasteiger partial charge in [0.25, 0.3) is 0 Å². The van der Waals surface area contributed by atoms with E-state index in [1.54, 1.807) is 0 Å². The van der Waals surface area contributed by atoms with Gasteiger partial charge in [0.05, 0.1) is 5.60 Å². The molecule has 2 saturated heterocycles. The van der Waals surface area contributed by atoms with Gasteiger partial charge in [-0.05, 0) is 52.1 Å². The molecule has 0 spiro atoms. The normalized spacial score (nSPS) is 25.0. The van der Waals surface area contributed by atoms with Crippen LogP contribution in [0, 0.1) is 0 Å². The fraction of sp³-hybridized carbons (Fsp3) is 0.387. The lowest BCUT2D eigenvalue weighted by Gasteiger charge is -2.44. The maximum absolute atomic E-state index is 13.4. The van der Waals surface area contributed by atoms with Crippen molar-refractivity contribution in [3.63, 3.8) is 0 Å². The van der Waals surface area contributed by atoms with Gasteiger partial charge in [-0.15, -0.1) is 0 Å². The summed E-state index contributed by atoms with van der Waals surface area (Å²) in [6.07, 6.45) is 2.73. The third-order valence-corrected chi connectivity index (χ3v) is 8.40. The SMILES string of the molecule is CC(C)c1ccccc1C1(O)CC2CCC(C1)N2C(=O)OCC1c2ccccc2-c2ccccc21.